The van der Waals surface area contributed by atoms with Gasteiger partial charge in [-0.15, -0.1) is 0 Å². The number of hydrogen-bond acceptors (Lipinski definition) is 5. The van der Waals surface area contributed by atoms with Crippen LogP contribution in [0.5, 0.6) is 0 Å². The Hall–Kier alpha value is -1.01. The molecule has 0 spiro atoms. The zero-order valence-corrected chi connectivity index (χ0v) is 13.0. The molecule has 2 unspecified atom stereocenters. The predicted octanol–water partition coefficient (Wildman–Crippen LogP) is 1.75. The number of hydrogen-bond donors (Lipinski definition) is 2. The van der Waals surface area contributed by atoms with Gasteiger partial charge in [-0.2, -0.15) is 0 Å². The fourth-order valence-corrected chi connectivity index (χ4v) is 2.37. The molecule has 0 aromatic carbocycles. The summed E-state index contributed by atoms with van der Waals surface area (Å²) in [4.78, 5) is 23.2. The summed E-state index contributed by atoms with van der Waals surface area (Å²) in [6.07, 6.45) is 1.29. The molecule has 0 radical (unpaired) electrons. The summed E-state index contributed by atoms with van der Waals surface area (Å²) in [6.45, 7) is 5.83. The molecule has 20 heavy (non-hydrogen) atoms. The van der Waals surface area contributed by atoms with Crippen LogP contribution in [0.15, 0.2) is 0 Å². The van der Waals surface area contributed by atoms with E-state index in [-0.39, 0.29) is 12.0 Å². The Bertz CT molecular complexity index is 370. The molecule has 0 aliphatic heterocycles. The number of alkyl halides is 1. The van der Waals surface area contributed by atoms with E-state index in [1.54, 1.807) is 20.8 Å². The average molecular weight is 307 g/mol. The van der Waals surface area contributed by atoms with Crippen molar-refractivity contribution < 1.29 is 19.1 Å². The zero-order valence-electron chi connectivity index (χ0n) is 12.2. The highest BCUT2D eigenvalue weighted by atomic mass is 35.5. The van der Waals surface area contributed by atoms with Crippen LogP contribution >= 0.6 is 11.6 Å². The standard InChI is InChI=1S/C13H23ClN2O4/c1-12(2,3)20-11(18)16-7-9-4-5-13(15,6-9)10(17)19-8-14/h9H,4-8,15H2,1-3H3,(H,16,18). The molecule has 0 heterocycles. The highest BCUT2D eigenvalue weighted by Gasteiger charge is 2.43. The highest BCUT2D eigenvalue weighted by molar-refractivity contribution is 6.17. The van der Waals surface area contributed by atoms with E-state index in [1.807, 2.05) is 0 Å². The molecule has 1 rings (SSSR count). The Labute approximate surface area is 124 Å². The van der Waals surface area contributed by atoms with Crippen molar-refractivity contribution in [3.8, 4) is 0 Å². The van der Waals surface area contributed by atoms with E-state index in [0.717, 1.165) is 6.42 Å². The summed E-state index contributed by atoms with van der Waals surface area (Å²) in [5, 5.41) is 2.69. The molecular weight excluding hydrogens is 284 g/mol. The average Bonchev–Trinajstić information content (AvgIpc) is 2.68. The fourth-order valence-electron chi connectivity index (χ4n) is 2.28. The Morgan fingerprint density at radius 3 is 2.65 bits per heavy atom. The fraction of sp³-hybridized carbons (Fsp3) is 0.846. The molecule has 0 aromatic heterocycles. The van der Waals surface area contributed by atoms with E-state index >= 15 is 0 Å². The maximum absolute atomic E-state index is 11.7. The van der Waals surface area contributed by atoms with Crippen molar-refractivity contribution in [3.05, 3.63) is 0 Å². The van der Waals surface area contributed by atoms with Crippen molar-refractivity contribution in [2.75, 3.05) is 12.6 Å². The van der Waals surface area contributed by atoms with E-state index in [4.69, 9.17) is 26.8 Å². The number of carbonyl (C=O) groups is 2. The van der Waals surface area contributed by atoms with Crippen LogP contribution in [0.25, 0.3) is 0 Å². The number of alkyl carbamates (subject to hydrolysis) is 1. The summed E-state index contributed by atoms with van der Waals surface area (Å²) in [7, 11) is 0. The van der Waals surface area contributed by atoms with Gasteiger partial charge in [0.15, 0.2) is 6.07 Å². The minimum atomic E-state index is -0.991. The Kier molecular flexibility index (Phi) is 5.65. The van der Waals surface area contributed by atoms with Crippen molar-refractivity contribution >= 4 is 23.7 Å². The summed E-state index contributed by atoms with van der Waals surface area (Å²) in [5.41, 5.74) is 4.49. The number of esters is 1. The van der Waals surface area contributed by atoms with Gasteiger partial charge in [0.1, 0.15) is 11.1 Å². The largest absolute Gasteiger partial charge is 0.448 e. The van der Waals surface area contributed by atoms with Crippen molar-refractivity contribution in [2.24, 2.45) is 11.7 Å². The van der Waals surface area contributed by atoms with Crippen LogP contribution < -0.4 is 11.1 Å². The van der Waals surface area contributed by atoms with Gasteiger partial charge in [-0.05, 0) is 46.0 Å². The first-order valence-corrected chi connectivity index (χ1v) is 7.19. The normalized spacial score (nSPS) is 26.1. The van der Waals surface area contributed by atoms with Crippen LogP contribution in [0.3, 0.4) is 0 Å². The number of rotatable bonds is 4. The lowest BCUT2D eigenvalue weighted by Crippen LogP contribution is -2.47. The van der Waals surface area contributed by atoms with Gasteiger partial charge in [-0.1, -0.05) is 11.6 Å². The van der Waals surface area contributed by atoms with Gasteiger partial charge in [0.25, 0.3) is 0 Å². The minimum Gasteiger partial charge on any atom is -0.448 e. The van der Waals surface area contributed by atoms with Crippen LogP contribution in [-0.2, 0) is 14.3 Å². The zero-order chi connectivity index (χ0) is 15.4. The quantitative estimate of drug-likeness (QED) is 0.610. The molecule has 3 N–H and O–H groups in total. The second-order valence-corrected chi connectivity index (χ2v) is 6.41. The van der Waals surface area contributed by atoms with Crippen molar-refractivity contribution in [1.29, 1.82) is 0 Å². The van der Waals surface area contributed by atoms with Crippen molar-refractivity contribution in [3.63, 3.8) is 0 Å². The van der Waals surface area contributed by atoms with Crippen LogP contribution in [0.2, 0.25) is 0 Å². The maximum atomic E-state index is 11.7. The molecule has 0 bridgehead atoms. The Morgan fingerprint density at radius 1 is 1.45 bits per heavy atom. The second-order valence-electron chi connectivity index (χ2n) is 6.19. The van der Waals surface area contributed by atoms with E-state index < -0.39 is 23.2 Å². The number of carbonyl (C=O) groups excluding carboxylic acids is 2. The lowest BCUT2D eigenvalue weighted by Gasteiger charge is -2.22. The first kappa shape index (κ1) is 17.0. The molecule has 2 atom stereocenters. The highest BCUT2D eigenvalue weighted by Crippen LogP contribution is 2.33. The van der Waals surface area contributed by atoms with Crippen LogP contribution in [0.1, 0.15) is 40.0 Å². The number of ether oxygens (including phenoxy) is 2. The molecule has 1 saturated carbocycles. The topological polar surface area (TPSA) is 90.6 Å². The van der Waals surface area contributed by atoms with E-state index in [0.29, 0.717) is 19.4 Å². The Balaban J connectivity index is 2.38. The lowest BCUT2D eigenvalue weighted by atomic mass is 9.97. The summed E-state index contributed by atoms with van der Waals surface area (Å²) in [5.74, 6) is -0.345. The first-order valence-electron chi connectivity index (χ1n) is 6.65. The van der Waals surface area contributed by atoms with Gasteiger partial charge in [0.05, 0.1) is 0 Å². The van der Waals surface area contributed by atoms with Gasteiger partial charge in [0, 0.05) is 6.54 Å². The molecular formula is C13H23ClN2O4. The lowest BCUT2D eigenvalue weighted by molar-refractivity contribution is -0.147. The molecule has 7 heteroatoms. The van der Waals surface area contributed by atoms with Crippen LogP contribution in [-0.4, -0.2) is 35.8 Å². The smallest absolute Gasteiger partial charge is 0.407 e. The molecule has 6 nitrogen and oxygen atoms in total. The Morgan fingerprint density at radius 2 is 2.10 bits per heavy atom. The third-order valence-electron chi connectivity index (χ3n) is 3.18. The summed E-state index contributed by atoms with van der Waals surface area (Å²) in [6, 6.07) is -0.196. The third kappa shape index (κ3) is 5.17. The molecule has 1 aliphatic rings. The van der Waals surface area contributed by atoms with Gasteiger partial charge in [-0.25, -0.2) is 4.79 Å². The summed E-state index contributed by atoms with van der Waals surface area (Å²) >= 11 is 5.37. The predicted molar refractivity (Wildman–Crippen MR) is 75.3 cm³/mol. The number of amides is 1. The second kappa shape index (κ2) is 6.63. The third-order valence-corrected chi connectivity index (χ3v) is 3.29. The van der Waals surface area contributed by atoms with Gasteiger partial charge in [0.2, 0.25) is 0 Å². The molecule has 0 saturated heterocycles. The minimum absolute atomic E-state index is 0.135. The van der Waals surface area contributed by atoms with E-state index in [1.165, 1.54) is 0 Å². The number of nitrogens with two attached hydrogens (primary N) is 1. The molecule has 1 aliphatic carbocycles. The van der Waals surface area contributed by atoms with Gasteiger partial charge < -0.3 is 20.5 Å². The molecule has 1 amide bonds. The molecule has 0 aromatic rings. The molecule has 116 valence electrons. The number of nitrogens with one attached hydrogen (secondary N) is 1. The molecule has 1 fully saturated rings. The number of halogens is 1. The SMILES string of the molecule is CC(C)(C)OC(=O)NCC1CCC(N)(C(=O)OCCl)C1. The van der Waals surface area contributed by atoms with Gasteiger partial charge in [-0.3, -0.25) is 4.79 Å². The van der Waals surface area contributed by atoms with Gasteiger partial charge >= 0.3 is 12.1 Å². The van der Waals surface area contributed by atoms with Crippen LogP contribution in [0, 0.1) is 5.92 Å². The maximum Gasteiger partial charge on any atom is 0.407 e. The monoisotopic (exact) mass is 306 g/mol. The van der Waals surface area contributed by atoms with Crippen molar-refractivity contribution in [2.45, 2.75) is 51.2 Å². The van der Waals surface area contributed by atoms with Crippen LogP contribution in [0.4, 0.5) is 4.79 Å². The van der Waals surface area contributed by atoms with Crippen molar-refractivity contribution in [1.82, 2.24) is 5.32 Å². The van der Waals surface area contributed by atoms with E-state index in [9.17, 15) is 9.59 Å². The summed E-state index contributed by atoms with van der Waals surface area (Å²) < 4.78 is 9.90. The first-order chi connectivity index (χ1) is 9.16. The van der Waals surface area contributed by atoms with E-state index in [2.05, 4.69) is 5.32 Å².